The van der Waals surface area contributed by atoms with E-state index in [9.17, 15) is 22.8 Å². The van der Waals surface area contributed by atoms with Crippen LogP contribution in [0.2, 0.25) is 5.02 Å². The fourth-order valence-electron chi connectivity index (χ4n) is 2.58. The van der Waals surface area contributed by atoms with Crippen LogP contribution in [-0.4, -0.2) is 35.6 Å². The van der Waals surface area contributed by atoms with Gasteiger partial charge in [-0.2, -0.15) is 0 Å². The minimum absolute atomic E-state index is 0.122. The number of benzene rings is 1. The molecule has 2 aliphatic rings. The van der Waals surface area contributed by atoms with Crippen LogP contribution >= 0.6 is 11.6 Å². The molecule has 0 saturated heterocycles. The van der Waals surface area contributed by atoms with Crippen LogP contribution in [0, 0.1) is 17.6 Å². The number of hydrogen-bond acceptors (Lipinski definition) is 3. The number of aliphatic carboxylic acids is 1. The maximum Gasteiger partial charge on any atom is 0.316 e. The fourth-order valence-corrected chi connectivity index (χ4v) is 2.88. The molecule has 1 aliphatic carbocycles. The normalized spacial score (nSPS) is 27.5. The largest absolute Gasteiger partial charge is 0.481 e. The average Bonchev–Trinajstić information content (AvgIpc) is 3.14. The summed E-state index contributed by atoms with van der Waals surface area (Å²) in [5, 5.41) is 8.45. The van der Waals surface area contributed by atoms with Gasteiger partial charge < -0.3 is 10.0 Å². The maximum absolute atomic E-state index is 13.6. The molecule has 1 saturated carbocycles. The van der Waals surface area contributed by atoms with Crippen molar-refractivity contribution in [1.29, 1.82) is 0 Å². The smallest absolute Gasteiger partial charge is 0.316 e. The Labute approximate surface area is 122 Å². The summed E-state index contributed by atoms with van der Waals surface area (Å²) in [6, 6.07) is -0.0441. The number of fused-ring (bicyclic) bond motifs is 1. The Morgan fingerprint density at radius 3 is 2.57 bits per heavy atom. The summed E-state index contributed by atoms with van der Waals surface area (Å²) in [7, 11) is 0. The third kappa shape index (κ3) is 2.07. The molecule has 1 fully saturated rings. The van der Waals surface area contributed by atoms with Gasteiger partial charge in [-0.25, -0.2) is 13.2 Å². The van der Waals surface area contributed by atoms with Gasteiger partial charge in [-0.15, -0.1) is 0 Å². The first kappa shape index (κ1) is 14.2. The van der Waals surface area contributed by atoms with Crippen LogP contribution in [-0.2, 0) is 4.79 Å². The number of carbonyl (C=O) groups excluding carboxylic acids is 1. The molecule has 0 radical (unpaired) electrons. The lowest BCUT2D eigenvalue weighted by molar-refractivity contribution is -0.139. The van der Waals surface area contributed by atoms with Crippen molar-refractivity contribution in [2.75, 3.05) is 11.4 Å². The van der Waals surface area contributed by atoms with Crippen molar-refractivity contribution in [2.24, 2.45) is 5.92 Å². The minimum Gasteiger partial charge on any atom is -0.481 e. The number of rotatable bonds is 2. The Morgan fingerprint density at radius 1 is 1.43 bits per heavy atom. The van der Waals surface area contributed by atoms with E-state index in [-0.39, 0.29) is 24.2 Å². The number of nitrogens with zero attached hydrogens (tertiary/aromatic N) is 1. The number of halogens is 4. The van der Waals surface area contributed by atoms with Crippen molar-refractivity contribution in [3.63, 3.8) is 0 Å². The van der Waals surface area contributed by atoms with E-state index in [4.69, 9.17) is 16.7 Å². The van der Waals surface area contributed by atoms with Crippen molar-refractivity contribution in [3.8, 4) is 0 Å². The third-order valence-corrected chi connectivity index (χ3v) is 4.11. The highest BCUT2D eigenvalue weighted by atomic mass is 35.5. The van der Waals surface area contributed by atoms with Gasteiger partial charge in [0, 0.05) is 18.5 Å². The zero-order chi connectivity index (χ0) is 15.5. The predicted molar refractivity (Wildman–Crippen MR) is 67.5 cm³/mol. The molecule has 0 bridgehead atoms. The molecule has 1 aliphatic heterocycles. The van der Waals surface area contributed by atoms with Gasteiger partial charge in [0.15, 0.2) is 17.4 Å². The van der Waals surface area contributed by atoms with Gasteiger partial charge in [-0.1, -0.05) is 11.6 Å². The van der Waals surface area contributed by atoms with Gasteiger partial charge in [0.05, 0.1) is 11.7 Å². The van der Waals surface area contributed by atoms with E-state index < -0.39 is 46.5 Å². The molecular formula is C13H9ClF3NO3. The highest BCUT2D eigenvalue weighted by molar-refractivity contribution is 6.35. The zero-order valence-corrected chi connectivity index (χ0v) is 11.2. The number of carboxylic acid groups (broad SMARTS) is 1. The zero-order valence-electron chi connectivity index (χ0n) is 10.4. The second kappa shape index (κ2) is 4.62. The SMILES string of the molecule is O=C(O)C1CN([C@@H]2C[C@@H]2F)c2c(cc(F)c(F)c2Cl)C1=O. The van der Waals surface area contributed by atoms with Crippen LogP contribution in [0.3, 0.4) is 0 Å². The van der Waals surface area contributed by atoms with Crippen LogP contribution in [0.1, 0.15) is 16.8 Å². The highest BCUT2D eigenvalue weighted by Crippen LogP contribution is 2.44. The van der Waals surface area contributed by atoms with Crippen molar-refractivity contribution < 1.29 is 27.9 Å². The summed E-state index contributed by atoms with van der Waals surface area (Å²) in [6.07, 6.45) is -1.07. The number of alkyl halides is 1. The molecular weight excluding hydrogens is 311 g/mol. The minimum atomic E-state index is -1.45. The van der Waals surface area contributed by atoms with Crippen molar-refractivity contribution >= 4 is 29.0 Å². The van der Waals surface area contributed by atoms with Crippen molar-refractivity contribution in [1.82, 2.24) is 0 Å². The summed E-state index contributed by atoms with van der Waals surface area (Å²) >= 11 is 5.74. The molecule has 3 atom stereocenters. The Morgan fingerprint density at radius 2 is 2.05 bits per heavy atom. The van der Waals surface area contributed by atoms with Gasteiger partial charge in [0.1, 0.15) is 17.1 Å². The third-order valence-electron chi connectivity index (χ3n) is 3.76. The van der Waals surface area contributed by atoms with Gasteiger partial charge in [0.2, 0.25) is 0 Å². The Hall–Kier alpha value is -1.76. The van der Waals surface area contributed by atoms with Crippen LogP contribution in [0.25, 0.3) is 0 Å². The van der Waals surface area contributed by atoms with E-state index >= 15 is 0 Å². The summed E-state index contributed by atoms with van der Waals surface area (Å²) in [6.45, 7) is -0.308. The van der Waals surface area contributed by atoms with Crippen molar-refractivity contribution in [3.05, 3.63) is 28.3 Å². The molecule has 0 amide bonds. The van der Waals surface area contributed by atoms with E-state index in [1.54, 1.807) is 0 Å². The van der Waals surface area contributed by atoms with Crippen LogP contribution < -0.4 is 4.90 Å². The second-order valence-corrected chi connectivity index (χ2v) is 5.49. The average molecular weight is 320 g/mol. The van der Waals surface area contributed by atoms with E-state index in [2.05, 4.69) is 0 Å². The molecule has 0 spiro atoms. The Kier molecular flexibility index (Phi) is 3.12. The number of hydrogen-bond donors (Lipinski definition) is 1. The summed E-state index contributed by atoms with van der Waals surface area (Å²) < 4.78 is 40.3. The lowest BCUT2D eigenvalue weighted by Crippen LogP contribution is -2.45. The Balaban J connectivity index is 2.18. The van der Waals surface area contributed by atoms with Crippen LogP contribution in [0.15, 0.2) is 6.07 Å². The molecule has 0 aromatic heterocycles. The number of carboxylic acids is 1. The molecule has 112 valence electrons. The van der Waals surface area contributed by atoms with Gasteiger partial charge >= 0.3 is 5.97 Å². The molecule has 3 rings (SSSR count). The number of carbonyl (C=O) groups is 2. The predicted octanol–water partition coefficient (Wildman–Crippen LogP) is 2.43. The topological polar surface area (TPSA) is 57.6 Å². The summed E-state index contributed by atoms with van der Waals surface area (Å²) in [5.74, 6) is -6.38. The molecule has 1 aromatic carbocycles. The molecule has 21 heavy (non-hydrogen) atoms. The molecule has 4 nitrogen and oxygen atoms in total. The molecule has 1 aromatic rings. The standard InChI is InChI=1S/C13H9ClF3NO3/c14-9-10(17)7(16)1-4-11(9)18(8-2-6(8)15)3-5(12(4)19)13(20)21/h1,5-6,8H,2-3H2,(H,20,21)/t5?,6-,8+/m0/s1. The first-order valence-corrected chi connectivity index (χ1v) is 6.56. The summed E-state index contributed by atoms with van der Waals surface area (Å²) in [4.78, 5) is 24.5. The van der Waals surface area contributed by atoms with Crippen LogP contribution in [0.5, 0.6) is 0 Å². The van der Waals surface area contributed by atoms with Gasteiger partial charge in [0.25, 0.3) is 0 Å². The van der Waals surface area contributed by atoms with E-state index in [0.717, 1.165) is 0 Å². The molecule has 8 heteroatoms. The molecule has 1 unspecified atom stereocenters. The summed E-state index contributed by atoms with van der Waals surface area (Å²) in [5.41, 5.74) is -0.445. The maximum atomic E-state index is 13.6. The number of Topliss-reactive ketones (excluding diaryl/α,β-unsaturated/α-hetero) is 1. The fraction of sp³-hybridized carbons (Fsp3) is 0.385. The Bertz CT molecular complexity index is 667. The first-order valence-electron chi connectivity index (χ1n) is 6.18. The monoisotopic (exact) mass is 319 g/mol. The lowest BCUT2D eigenvalue weighted by atomic mass is 9.90. The first-order chi connectivity index (χ1) is 9.82. The van der Waals surface area contributed by atoms with E-state index in [1.807, 2.05) is 0 Å². The second-order valence-electron chi connectivity index (χ2n) is 5.11. The quantitative estimate of drug-likeness (QED) is 0.672. The van der Waals surface area contributed by atoms with E-state index in [1.165, 1.54) is 4.90 Å². The van der Waals surface area contributed by atoms with E-state index in [0.29, 0.717) is 6.07 Å². The number of ketones is 1. The van der Waals surface area contributed by atoms with Crippen molar-refractivity contribution in [2.45, 2.75) is 18.6 Å². The van der Waals surface area contributed by atoms with Gasteiger partial charge in [-0.3, -0.25) is 9.59 Å². The molecule has 1 heterocycles. The molecule has 1 N–H and O–H groups in total. The van der Waals surface area contributed by atoms with Gasteiger partial charge in [-0.05, 0) is 6.07 Å². The van der Waals surface area contributed by atoms with Crippen LogP contribution in [0.4, 0.5) is 18.9 Å². The number of anilines is 1. The highest BCUT2D eigenvalue weighted by Gasteiger charge is 2.49. The lowest BCUT2D eigenvalue weighted by Gasteiger charge is -2.34.